The van der Waals surface area contributed by atoms with Gasteiger partial charge in [-0.3, -0.25) is 14.6 Å². The lowest BCUT2D eigenvalue weighted by molar-refractivity contribution is -0.118. The van der Waals surface area contributed by atoms with Crippen LogP contribution in [0.15, 0.2) is 41.4 Å². The van der Waals surface area contributed by atoms with Gasteiger partial charge in [-0.2, -0.15) is 0 Å². The molecule has 0 fully saturated rings. The van der Waals surface area contributed by atoms with Gasteiger partial charge in [-0.15, -0.1) is 0 Å². The molecule has 148 valence electrons. The number of hydrogen-bond donors (Lipinski definition) is 2. The van der Waals surface area contributed by atoms with E-state index in [4.69, 9.17) is 4.74 Å². The highest BCUT2D eigenvalue weighted by Gasteiger charge is 2.17. The van der Waals surface area contributed by atoms with Crippen LogP contribution in [0.25, 0.3) is 0 Å². The number of nitrogens with one attached hydrogen (secondary N) is 2. The highest BCUT2D eigenvalue weighted by molar-refractivity contribution is 7.90. The fourth-order valence-electron chi connectivity index (χ4n) is 3.03. The van der Waals surface area contributed by atoms with Gasteiger partial charge in [0.05, 0.1) is 4.90 Å². The van der Waals surface area contributed by atoms with Crippen molar-refractivity contribution >= 4 is 27.5 Å². The number of pyridine rings is 1. The lowest BCUT2D eigenvalue weighted by Gasteiger charge is -2.18. The summed E-state index contributed by atoms with van der Waals surface area (Å²) in [5.41, 5.74) is 2.52. The van der Waals surface area contributed by atoms with Crippen LogP contribution in [0.4, 0.5) is 5.69 Å². The summed E-state index contributed by atoms with van der Waals surface area (Å²) in [5.74, 6) is -0.358. The first-order chi connectivity index (χ1) is 13.3. The molecule has 2 N–H and O–H groups in total. The Hall–Kier alpha value is -2.94. The van der Waals surface area contributed by atoms with Crippen molar-refractivity contribution in [3.8, 4) is 5.75 Å². The number of nitrogens with zero attached hydrogens (tertiary/aromatic N) is 1. The summed E-state index contributed by atoms with van der Waals surface area (Å²) < 4.78 is 31.4. The zero-order valence-electron chi connectivity index (χ0n) is 15.4. The molecule has 0 atom stereocenters. The standard InChI is InChI=1S/C19H21N3O5S/c1-13(23)22-28(25,26)15-8-6-14(7-9-15)21-19(24)12-27-18-10-11-20-17-5-3-2-4-16(17)18/h6-11H,2-5,12H2,1H3,(H,21,24)(H,22,23). The third-order valence-electron chi connectivity index (χ3n) is 4.28. The van der Waals surface area contributed by atoms with Crippen molar-refractivity contribution in [1.29, 1.82) is 0 Å². The Kier molecular flexibility index (Phi) is 5.93. The third kappa shape index (κ3) is 4.86. The van der Waals surface area contributed by atoms with Crippen LogP contribution in [0.3, 0.4) is 0 Å². The Morgan fingerprint density at radius 3 is 2.54 bits per heavy atom. The van der Waals surface area contributed by atoms with Crippen LogP contribution in [-0.4, -0.2) is 31.8 Å². The van der Waals surface area contributed by atoms with Crippen LogP contribution >= 0.6 is 0 Å². The Morgan fingerprint density at radius 2 is 1.82 bits per heavy atom. The molecule has 1 heterocycles. The maximum Gasteiger partial charge on any atom is 0.264 e. The van der Waals surface area contributed by atoms with Crippen molar-refractivity contribution in [2.75, 3.05) is 11.9 Å². The maximum atomic E-state index is 12.2. The minimum atomic E-state index is -3.90. The van der Waals surface area contributed by atoms with Gasteiger partial charge in [0.15, 0.2) is 6.61 Å². The molecule has 0 aliphatic heterocycles. The van der Waals surface area contributed by atoms with Gasteiger partial charge in [-0.05, 0) is 56.0 Å². The lowest BCUT2D eigenvalue weighted by atomic mass is 9.95. The Balaban J connectivity index is 1.59. The summed E-state index contributed by atoms with van der Waals surface area (Å²) in [4.78, 5) is 27.4. The Bertz CT molecular complexity index is 987. The minimum absolute atomic E-state index is 0.0691. The van der Waals surface area contributed by atoms with Crippen LogP contribution in [-0.2, 0) is 32.5 Å². The maximum absolute atomic E-state index is 12.2. The third-order valence-corrected chi connectivity index (χ3v) is 5.73. The van der Waals surface area contributed by atoms with E-state index in [2.05, 4.69) is 10.3 Å². The van der Waals surface area contributed by atoms with Gasteiger partial charge >= 0.3 is 0 Å². The Labute approximate surface area is 163 Å². The molecule has 0 saturated carbocycles. The van der Waals surface area contributed by atoms with E-state index in [1.54, 1.807) is 12.3 Å². The highest BCUT2D eigenvalue weighted by atomic mass is 32.2. The first-order valence-electron chi connectivity index (χ1n) is 8.88. The van der Waals surface area contributed by atoms with Crippen molar-refractivity contribution in [2.45, 2.75) is 37.5 Å². The molecule has 9 heteroatoms. The van der Waals surface area contributed by atoms with Crippen LogP contribution in [0, 0.1) is 0 Å². The number of carbonyl (C=O) groups excluding carboxylic acids is 2. The number of aromatic nitrogens is 1. The number of rotatable bonds is 6. The molecule has 0 spiro atoms. The van der Waals surface area contributed by atoms with Crippen LogP contribution in [0.5, 0.6) is 5.75 Å². The summed E-state index contributed by atoms with van der Waals surface area (Å²) in [6, 6.07) is 7.27. The molecule has 1 aliphatic carbocycles. The second kappa shape index (κ2) is 8.39. The SMILES string of the molecule is CC(=O)NS(=O)(=O)c1ccc(NC(=O)COc2ccnc3c2CCCC3)cc1. The number of ether oxygens (including phenoxy) is 1. The average Bonchev–Trinajstić information content (AvgIpc) is 2.66. The van der Waals surface area contributed by atoms with Gasteiger partial charge in [0.2, 0.25) is 5.91 Å². The minimum Gasteiger partial charge on any atom is -0.483 e. The predicted molar refractivity (Wildman–Crippen MR) is 102 cm³/mol. The smallest absolute Gasteiger partial charge is 0.264 e. The molecule has 1 aliphatic rings. The number of aryl methyl sites for hydroxylation is 1. The van der Waals surface area contributed by atoms with Crippen molar-refractivity contribution in [2.24, 2.45) is 0 Å². The number of benzene rings is 1. The zero-order chi connectivity index (χ0) is 20.1. The fraction of sp³-hybridized carbons (Fsp3) is 0.316. The second-order valence-electron chi connectivity index (χ2n) is 6.46. The predicted octanol–water partition coefficient (Wildman–Crippen LogP) is 1.80. The summed E-state index contributed by atoms with van der Waals surface area (Å²) >= 11 is 0. The van der Waals surface area contributed by atoms with E-state index in [0.29, 0.717) is 11.4 Å². The molecule has 0 unspecified atom stereocenters. The second-order valence-corrected chi connectivity index (χ2v) is 8.15. The van der Waals surface area contributed by atoms with Crippen LogP contribution in [0.1, 0.15) is 31.0 Å². The lowest BCUT2D eigenvalue weighted by Crippen LogP contribution is -2.28. The summed E-state index contributed by atoms with van der Waals surface area (Å²) in [6.07, 6.45) is 5.69. The van der Waals surface area contributed by atoms with E-state index in [9.17, 15) is 18.0 Å². The van der Waals surface area contributed by atoms with Gasteiger partial charge in [0, 0.05) is 30.1 Å². The van der Waals surface area contributed by atoms with E-state index in [1.807, 2.05) is 4.72 Å². The number of amides is 2. The zero-order valence-corrected chi connectivity index (χ0v) is 16.2. The highest BCUT2D eigenvalue weighted by Crippen LogP contribution is 2.27. The number of hydrogen-bond acceptors (Lipinski definition) is 6. The van der Waals surface area contributed by atoms with E-state index < -0.39 is 15.9 Å². The molecule has 1 aromatic carbocycles. The van der Waals surface area contributed by atoms with Gasteiger partial charge in [-0.1, -0.05) is 0 Å². The quantitative estimate of drug-likeness (QED) is 0.760. The number of anilines is 1. The average molecular weight is 403 g/mol. The van der Waals surface area contributed by atoms with Crippen molar-refractivity contribution in [3.63, 3.8) is 0 Å². The fourth-order valence-corrected chi connectivity index (χ4v) is 4.02. The molecule has 2 aromatic rings. The summed E-state index contributed by atoms with van der Waals surface area (Å²) in [7, 11) is -3.90. The van der Waals surface area contributed by atoms with Gasteiger partial charge in [0.25, 0.3) is 15.9 Å². The van der Waals surface area contributed by atoms with E-state index in [-0.39, 0.29) is 17.4 Å². The molecule has 0 radical (unpaired) electrons. The van der Waals surface area contributed by atoms with Crippen LogP contribution < -0.4 is 14.8 Å². The molecular formula is C19H21N3O5S. The molecule has 3 rings (SSSR count). The largest absolute Gasteiger partial charge is 0.483 e. The van der Waals surface area contributed by atoms with Gasteiger partial charge < -0.3 is 10.1 Å². The summed E-state index contributed by atoms with van der Waals surface area (Å²) in [5, 5.41) is 2.65. The number of fused-ring (bicyclic) bond motifs is 1. The van der Waals surface area contributed by atoms with Gasteiger partial charge in [0.1, 0.15) is 5.75 Å². The Morgan fingerprint density at radius 1 is 1.11 bits per heavy atom. The first-order valence-corrected chi connectivity index (χ1v) is 10.4. The molecule has 28 heavy (non-hydrogen) atoms. The monoisotopic (exact) mass is 403 g/mol. The number of sulfonamides is 1. The molecular weight excluding hydrogens is 382 g/mol. The van der Waals surface area contributed by atoms with Crippen molar-refractivity contribution < 1.29 is 22.7 Å². The number of carbonyl (C=O) groups is 2. The van der Waals surface area contributed by atoms with E-state index in [0.717, 1.165) is 43.9 Å². The molecule has 2 amide bonds. The molecule has 0 saturated heterocycles. The molecule has 0 bridgehead atoms. The van der Waals surface area contributed by atoms with E-state index >= 15 is 0 Å². The van der Waals surface area contributed by atoms with Crippen molar-refractivity contribution in [1.82, 2.24) is 9.71 Å². The topological polar surface area (TPSA) is 114 Å². The molecule has 1 aromatic heterocycles. The summed E-state index contributed by atoms with van der Waals surface area (Å²) in [6.45, 7) is 0.953. The molecule has 8 nitrogen and oxygen atoms in total. The first kappa shape index (κ1) is 19.8. The van der Waals surface area contributed by atoms with Gasteiger partial charge in [-0.25, -0.2) is 13.1 Å². The van der Waals surface area contributed by atoms with Crippen LogP contribution in [0.2, 0.25) is 0 Å². The normalized spacial score (nSPS) is 13.3. The van der Waals surface area contributed by atoms with Crippen molar-refractivity contribution in [3.05, 3.63) is 47.8 Å². The van der Waals surface area contributed by atoms with E-state index in [1.165, 1.54) is 24.3 Å².